The Labute approximate surface area is 108 Å². The summed E-state index contributed by atoms with van der Waals surface area (Å²) in [5, 5.41) is 6.42. The maximum Gasteiger partial charge on any atom is 0.184 e. The normalized spacial score (nSPS) is 10.9. The van der Waals surface area contributed by atoms with E-state index in [0.29, 0.717) is 5.15 Å². The van der Waals surface area contributed by atoms with Gasteiger partial charge in [-0.05, 0) is 35.3 Å². The average molecular weight is 265 g/mol. The third-order valence-corrected chi connectivity index (χ3v) is 2.52. The first-order valence-electron chi connectivity index (χ1n) is 4.79. The summed E-state index contributed by atoms with van der Waals surface area (Å²) in [5.41, 5.74) is 8.66. The molecule has 17 heavy (non-hydrogen) atoms. The van der Waals surface area contributed by atoms with Crippen LogP contribution >= 0.6 is 23.8 Å². The molecule has 86 valence electrons. The van der Waals surface area contributed by atoms with Gasteiger partial charge in [0, 0.05) is 11.6 Å². The van der Waals surface area contributed by atoms with Crippen molar-refractivity contribution in [3.8, 4) is 0 Å². The van der Waals surface area contributed by atoms with Crippen LogP contribution in [0.3, 0.4) is 0 Å². The summed E-state index contributed by atoms with van der Waals surface area (Å²) in [6.45, 7) is 0. The van der Waals surface area contributed by atoms with E-state index in [1.165, 1.54) is 0 Å². The maximum absolute atomic E-state index is 5.96. The number of halogens is 1. The molecule has 0 aliphatic rings. The topological polar surface area (TPSA) is 63.3 Å². The van der Waals surface area contributed by atoms with Crippen molar-refractivity contribution in [3.05, 3.63) is 41.2 Å². The molecule has 6 heteroatoms. The average Bonchev–Trinajstić information content (AvgIpc) is 2.29. The molecule has 0 aliphatic heterocycles. The van der Waals surface area contributed by atoms with E-state index in [2.05, 4.69) is 27.7 Å². The molecular weight excluding hydrogens is 256 g/mol. The van der Waals surface area contributed by atoms with Gasteiger partial charge in [0.2, 0.25) is 0 Å². The van der Waals surface area contributed by atoms with Gasteiger partial charge < -0.3 is 5.73 Å². The highest BCUT2D eigenvalue weighted by Crippen LogP contribution is 2.21. The quantitative estimate of drug-likeness (QED) is 0.377. The fourth-order valence-corrected chi connectivity index (χ4v) is 1.69. The molecule has 2 rings (SSSR count). The monoisotopic (exact) mass is 264 g/mol. The fraction of sp³-hybridized carbons (Fsp3) is 0. The van der Waals surface area contributed by atoms with Crippen molar-refractivity contribution >= 4 is 45.9 Å². The molecule has 0 saturated heterocycles. The molecule has 0 saturated carbocycles. The van der Waals surface area contributed by atoms with Crippen LogP contribution in [0.25, 0.3) is 10.8 Å². The van der Waals surface area contributed by atoms with Crippen molar-refractivity contribution < 1.29 is 0 Å². The van der Waals surface area contributed by atoms with E-state index in [-0.39, 0.29) is 5.11 Å². The highest BCUT2D eigenvalue weighted by atomic mass is 35.5. The standard InChI is InChI=1S/C11H9ClN4S/c12-10-9-2-1-7(6-15-16-11(13)17)5-8(9)3-4-14-10/h1-6H,(H3,13,16,17). The molecule has 0 spiro atoms. The van der Waals surface area contributed by atoms with Crippen LogP contribution in [0.15, 0.2) is 35.6 Å². The van der Waals surface area contributed by atoms with Crippen LogP contribution in [0.4, 0.5) is 0 Å². The van der Waals surface area contributed by atoms with Gasteiger partial charge in [0.1, 0.15) is 5.15 Å². The van der Waals surface area contributed by atoms with Crippen LogP contribution in [0.1, 0.15) is 5.56 Å². The number of fused-ring (bicyclic) bond motifs is 1. The third-order valence-electron chi connectivity index (χ3n) is 2.13. The van der Waals surface area contributed by atoms with Crippen LogP contribution in [0, 0.1) is 0 Å². The number of nitrogens with zero attached hydrogens (tertiary/aromatic N) is 2. The number of nitrogens with two attached hydrogens (primary N) is 1. The summed E-state index contributed by atoms with van der Waals surface area (Å²) in [5.74, 6) is 0. The van der Waals surface area contributed by atoms with Gasteiger partial charge in [-0.25, -0.2) is 4.98 Å². The van der Waals surface area contributed by atoms with Gasteiger partial charge in [-0.2, -0.15) is 5.10 Å². The van der Waals surface area contributed by atoms with Crippen molar-refractivity contribution in [1.82, 2.24) is 10.4 Å². The summed E-state index contributed by atoms with van der Waals surface area (Å²) >= 11 is 10.6. The zero-order chi connectivity index (χ0) is 12.3. The van der Waals surface area contributed by atoms with Crippen molar-refractivity contribution in [2.45, 2.75) is 0 Å². The molecule has 0 aliphatic carbocycles. The summed E-state index contributed by atoms with van der Waals surface area (Å²) in [6, 6.07) is 7.63. The molecule has 0 fully saturated rings. The van der Waals surface area contributed by atoms with E-state index in [9.17, 15) is 0 Å². The molecule has 1 aromatic carbocycles. The number of hydrazone groups is 1. The van der Waals surface area contributed by atoms with E-state index in [4.69, 9.17) is 17.3 Å². The van der Waals surface area contributed by atoms with Crippen molar-refractivity contribution in [2.75, 3.05) is 0 Å². The maximum atomic E-state index is 5.96. The van der Waals surface area contributed by atoms with Gasteiger partial charge in [0.05, 0.1) is 6.21 Å². The second-order valence-electron chi connectivity index (χ2n) is 3.32. The number of nitrogens with one attached hydrogen (secondary N) is 1. The van der Waals surface area contributed by atoms with Gasteiger partial charge >= 0.3 is 0 Å². The molecular formula is C11H9ClN4S. The Morgan fingerprint density at radius 1 is 1.47 bits per heavy atom. The Kier molecular flexibility index (Phi) is 3.51. The summed E-state index contributed by atoms with van der Waals surface area (Å²) in [7, 11) is 0. The zero-order valence-corrected chi connectivity index (χ0v) is 10.3. The number of hydrogen-bond donors (Lipinski definition) is 2. The first-order chi connectivity index (χ1) is 8.16. The first kappa shape index (κ1) is 11.8. The second kappa shape index (κ2) is 5.07. The lowest BCUT2D eigenvalue weighted by molar-refractivity contribution is 1.04. The molecule has 0 atom stereocenters. The first-order valence-corrected chi connectivity index (χ1v) is 5.58. The lowest BCUT2D eigenvalue weighted by Gasteiger charge is -2.00. The van der Waals surface area contributed by atoms with Gasteiger partial charge in [-0.3, -0.25) is 5.43 Å². The Bertz CT molecular complexity index is 597. The Morgan fingerprint density at radius 3 is 3.06 bits per heavy atom. The lowest BCUT2D eigenvalue weighted by Crippen LogP contribution is -2.23. The van der Waals surface area contributed by atoms with Crippen LogP contribution in [0.5, 0.6) is 0 Å². The van der Waals surface area contributed by atoms with Gasteiger partial charge in [-0.15, -0.1) is 0 Å². The van der Waals surface area contributed by atoms with Crippen LogP contribution in [0.2, 0.25) is 5.15 Å². The summed E-state index contributed by atoms with van der Waals surface area (Å²) in [6.07, 6.45) is 3.30. The predicted octanol–water partition coefficient (Wildman–Crippen LogP) is 2.06. The molecule has 1 aromatic heterocycles. The lowest BCUT2D eigenvalue weighted by atomic mass is 10.1. The molecule has 0 radical (unpaired) electrons. The number of pyridine rings is 1. The Morgan fingerprint density at radius 2 is 2.29 bits per heavy atom. The number of hydrogen-bond acceptors (Lipinski definition) is 3. The minimum Gasteiger partial charge on any atom is -0.375 e. The van der Waals surface area contributed by atoms with E-state index < -0.39 is 0 Å². The summed E-state index contributed by atoms with van der Waals surface area (Å²) < 4.78 is 0. The van der Waals surface area contributed by atoms with E-state index >= 15 is 0 Å². The summed E-state index contributed by atoms with van der Waals surface area (Å²) in [4.78, 5) is 4.01. The molecule has 2 aromatic rings. The van der Waals surface area contributed by atoms with E-state index in [1.807, 2.05) is 24.3 Å². The van der Waals surface area contributed by atoms with Gasteiger partial charge in [0.25, 0.3) is 0 Å². The minimum atomic E-state index is 0.134. The van der Waals surface area contributed by atoms with Crippen LogP contribution in [-0.2, 0) is 0 Å². The van der Waals surface area contributed by atoms with Gasteiger partial charge in [0.15, 0.2) is 5.11 Å². The second-order valence-corrected chi connectivity index (χ2v) is 4.11. The number of rotatable bonds is 2. The minimum absolute atomic E-state index is 0.134. The zero-order valence-electron chi connectivity index (χ0n) is 8.72. The number of benzene rings is 1. The largest absolute Gasteiger partial charge is 0.375 e. The van der Waals surface area contributed by atoms with Crippen LogP contribution < -0.4 is 11.2 Å². The number of thiocarbonyl (C=S) groups is 1. The Balaban J connectivity index is 2.32. The smallest absolute Gasteiger partial charge is 0.184 e. The fourth-order valence-electron chi connectivity index (χ4n) is 1.41. The molecule has 4 nitrogen and oxygen atoms in total. The SMILES string of the molecule is NC(=S)NN=Cc1ccc2c(Cl)nccc2c1. The third kappa shape index (κ3) is 2.89. The Hall–Kier alpha value is -1.72. The van der Waals surface area contributed by atoms with E-state index in [0.717, 1.165) is 16.3 Å². The highest BCUT2D eigenvalue weighted by molar-refractivity contribution is 7.80. The molecule has 3 N–H and O–H groups in total. The van der Waals surface area contributed by atoms with E-state index in [1.54, 1.807) is 12.4 Å². The molecule has 0 bridgehead atoms. The predicted molar refractivity (Wildman–Crippen MR) is 74.3 cm³/mol. The molecule has 1 heterocycles. The van der Waals surface area contributed by atoms with Crippen molar-refractivity contribution in [3.63, 3.8) is 0 Å². The highest BCUT2D eigenvalue weighted by Gasteiger charge is 1.99. The van der Waals surface area contributed by atoms with Crippen molar-refractivity contribution in [2.24, 2.45) is 10.8 Å². The van der Waals surface area contributed by atoms with Gasteiger partial charge in [-0.1, -0.05) is 23.7 Å². The number of aromatic nitrogens is 1. The van der Waals surface area contributed by atoms with Crippen LogP contribution in [-0.4, -0.2) is 16.3 Å². The molecule has 0 unspecified atom stereocenters. The molecule has 0 amide bonds. The van der Waals surface area contributed by atoms with Crippen molar-refractivity contribution in [1.29, 1.82) is 0 Å².